The number of benzene rings is 1. The minimum absolute atomic E-state index is 0.111. The number of nitrogens with one attached hydrogen (secondary N) is 1. The van der Waals surface area contributed by atoms with Gasteiger partial charge in [-0.15, -0.1) is 0 Å². The summed E-state index contributed by atoms with van der Waals surface area (Å²) in [5.74, 6) is 0.543. The highest BCUT2D eigenvalue weighted by Gasteiger charge is 2.21. The Morgan fingerprint density at radius 2 is 1.96 bits per heavy atom. The van der Waals surface area contributed by atoms with Crippen LogP contribution in [0.5, 0.6) is 5.75 Å². The molecule has 0 fully saturated rings. The first-order valence-corrected chi connectivity index (χ1v) is 8.07. The number of anilines is 1. The Morgan fingerprint density at radius 3 is 2.60 bits per heavy atom. The summed E-state index contributed by atoms with van der Waals surface area (Å²) in [6.45, 7) is 6.20. The maximum absolute atomic E-state index is 12.6. The van der Waals surface area contributed by atoms with Crippen molar-refractivity contribution in [3.63, 3.8) is 0 Å². The molecule has 2 heterocycles. The first kappa shape index (κ1) is 17.0. The molecule has 130 valence electrons. The van der Waals surface area contributed by atoms with E-state index >= 15 is 0 Å². The highest BCUT2D eigenvalue weighted by Crippen LogP contribution is 2.23. The summed E-state index contributed by atoms with van der Waals surface area (Å²) < 4.78 is 6.80. The van der Waals surface area contributed by atoms with Crippen LogP contribution in [-0.4, -0.2) is 27.8 Å². The standard InChI is InChI=1S/C19H22N4O2/c1-19(2,3)17-10-16(23(4)22-17)18(24)21-13-8-12-6-7-14(25-5)9-15(12)20-11-13/h6-11H,1-5H3,(H,21,24). The van der Waals surface area contributed by atoms with Gasteiger partial charge in [0.1, 0.15) is 11.4 Å². The lowest BCUT2D eigenvalue weighted by Crippen LogP contribution is -2.16. The fourth-order valence-electron chi connectivity index (χ4n) is 2.54. The van der Waals surface area contributed by atoms with Gasteiger partial charge in [-0.05, 0) is 24.3 Å². The number of aryl methyl sites for hydroxylation is 1. The Bertz CT molecular complexity index is 938. The third-order valence-electron chi connectivity index (χ3n) is 4.03. The van der Waals surface area contributed by atoms with Crippen LogP contribution >= 0.6 is 0 Å². The van der Waals surface area contributed by atoms with Gasteiger partial charge in [-0.3, -0.25) is 14.5 Å². The molecule has 6 heteroatoms. The largest absolute Gasteiger partial charge is 0.497 e. The van der Waals surface area contributed by atoms with E-state index in [1.165, 1.54) is 0 Å². The van der Waals surface area contributed by atoms with Gasteiger partial charge in [0.05, 0.1) is 30.2 Å². The summed E-state index contributed by atoms with van der Waals surface area (Å²) in [6, 6.07) is 9.36. The topological polar surface area (TPSA) is 69.0 Å². The number of ether oxygens (including phenoxy) is 1. The van der Waals surface area contributed by atoms with Crippen LogP contribution in [0, 0.1) is 0 Å². The number of carbonyl (C=O) groups excluding carboxylic acids is 1. The number of nitrogens with zero attached hydrogens (tertiary/aromatic N) is 3. The highest BCUT2D eigenvalue weighted by molar-refractivity contribution is 6.03. The van der Waals surface area contributed by atoms with Crippen molar-refractivity contribution in [1.82, 2.24) is 14.8 Å². The summed E-state index contributed by atoms with van der Waals surface area (Å²) in [5, 5.41) is 8.26. The van der Waals surface area contributed by atoms with Gasteiger partial charge in [0.25, 0.3) is 5.91 Å². The van der Waals surface area contributed by atoms with Crippen molar-refractivity contribution in [3.8, 4) is 5.75 Å². The molecule has 0 aliphatic rings. The van der Waals surface area contributed by atoms with Crippen molar-refractivity contribution in [1.29, 1.82) is 0 Å². The van der Waals surface area contributed by atoms with Crippen LogP contribution < -0.4 is 10.1 Å². The average molecular weight is 338 g/mol. The first-order chi connectivity index (χ1) is 11.8. The van der Waals surface area contributed by atoms with Crippen LogP contribution in [0.4, 0.5) is 5.69 Å². The molecule has 3 rings (SSSR count). The lowest BCUT2D eigenvalue weighted by atomic mass is 9.92. The maximum atomic E-state index is 12.6. The number of fused-ring (bicyclic) bond motifs is 1. The van der Waals surface area contributed by atoms with Gasteiger partial charge in [0.15, 0.2) is 0 Å². The lowest BCUT2D eigenvalue weighted by molar-refractivity contribution is 0.101. The summed E-state index contributed by atoms with van der Waals surface area (Å²) >= 11 is 0. The zero-order valence-corrected chi connectivity index (χ0v) is 15.1. The summed E-state index contributed by atoms with van der Waals surface area (Å²) in [4.78, 5) is 17.0. The average Bonchev–Trinajstić information content (AvgIpc) is 2.96. The van der Waals surface area contributed by atoms with Crippen molar-refractivity contribution < 1.29 is 9.53 Å². The molecule has 0 aliphatic heterocycles. The van der Waals surface area contributed by atoms with Crippen molar-refractivity contribution in [2.24, 2.45) is 7.05 Å². The van der Waals surface area contributed by atoms with Gasteiger partial charge in [-0.2, -0.15) is 5.10 Å². The molecule has 0 saturated carbocycles. The molecule has 0 aliphatic carbocycles. The normalized spacial score (nSPS) is 11.6. The Kier molecular flexibility index (Phi) is 4.20. The number of aromatic nitrogens is 3. The molecule has 3 aromatic rings. The van der Waals surface area contributed by atoms with Gasteiger partial charge in [0.2, 0.25) is 0 Å². The summed E-state index contributed by atoms with van der Waals surface area (Å²) in [7, 11) is 3.39. The maximum Gasteiger partial charge on any atom is 0.273 e. The zero-order chi connectivity index (χ0) is 18.2. The van der Waals surface area contributed by atoms with Gasteiger partial charge in [0, 0.05) is 23.9 Å². The van der Waals surface area contributed by atoms with E-state index < -0.39 is 0 Å². The molecule has 0 radical (unpaired) electrons. The third kappa shape index (κ3) is 3.47. The fraction of sp³-hybridized carbons (Fsp3) is 0.316. The third-order valence-corrected chi connectivity index (χ3v) is 4.03. The van der Waals surface area contributed by atoms with E-state index in [0.29, 0.717) is 11.4 Å². The van der Waals surface area contributed by atoms with Crippen molar-refractivity contribution in [3.05, 3.63) is 47.9 Å². The molecule has 25 heavy (non-hydrogen) atoms. The molecule has 1 amide bonds. The summed E-state index contributed by atoms with van der Waals surface area (Å²) in [6.07, 6.45) is 1.64. The number of hydrogen-bond acceptors (Lipinski definition) is 4. The van der Waals surface area contributed by atoms with Crippen LogP contribution in [0.25, 0.3) is 10.9 Å². The molecule has 2 aromatic heterocycles. The van der Waals surface area contributed by atoms with Crippen molar-refractivity contribution in [2.45, 2.75) is 26.2 Å². The molecular weight excluding hydrogens is 316 g/mol. The Labute approximate surface area is 146 Å². The molecule has 1 aromatic carbocycles. The number of hydrogen-bond donors (Lipinski definition) is 1. The predicted molar refractivity (Wildman–Crippen MR) is 98.2 cm³/mol. The van der Waals surface area contributed by atoms with E-state index in [-0.39, 0.29) is 11.3 Å². The smallest absolute Gasteiger partial charge is 0.273 e. The van der Waals surface area contributed by atoms with Crippen LogP contribution in [0.2, 0.25) is 0 Å². The van der Waals surface area contributed by atoms with E-state index in [2.05, 4.69) is 36.2 Å². The van der Waals surface area contributed by atoms with Crippen LogP contribution in [0.15, 0.2) is 36.5 Å². The number of pyridine rings is 1. The molecule has 0 atom stereocenters. The minimum atomic E-state index is -0.208. The molecular formula is C19H22N4O2. The fourth-order valence-corrected chi connectivity index (χ4v) is 2.54. The molecule has 0 unspecified atom stereocenters. The zero-order valence-electron chi connectivity index (χ0n) is 15.1. The van der Waals surface area contributed by atoms with Gasteiger partial charge in [-0.1, -0.05) is 20.8 Å². The van der Waals surface area contributed by atoms with Crippen LogP contribution in [-0.2, 0) is 12.5 Å². The first-order valence-electron chi connectivity index (χ1n) is 8.07. The Balaban J connectivity index is 1.86. The highest BCUT2D eigenvalue weighted by atomic mass is 16.5. The van der Waals surface area contributed by atoms with Gasteiger partial charge < -0.3 is 10.1 Å². The number of rotatable bonds is 3. The summed E-state index contributed by atoms with van der Waals surface area (Å²) in [5.41, 5.74) is 2.73. The SMILES string of the molecule is COc1ccc2cc(NC(=O)c3cc(C(C)(C)C)nn3C)cnc2c1. The van der Waals surface area contributed by atoms with Crippen LogP contribution in [0.1, 0.15) is 37.0 Å². The lowest BCUT2D eigenvalue weighted by Gasteiger charge is -2.13. The van der Waals surface area contributed by atoms with E-state index in [1.807, 2.05) is 30.3 Å². The number of amides is 1. The van der Waals surface area contributed by atoms with E-state index in [4.69, 9.17) is 4.74 Å². The second kappa shape index (κ2) is 6.20. The molecule has 0 bridgehead atoms. The molecule has 0 spiro atoms. The molecule has 6 nitrogen and oxygen atoms in total. The Morgan fingerprint density at radius 1 is 1.20 bits per heavy atom. The monoisotopic (exact) mass is 338 g/mol. The van der Waals surface area contributed by atoms with Crippen molar-refractivity contribution in [2.75, 3.05) is 12.4 Å². The Hall–Kier alpha value is -2.89. The van der Waals surface area contributed by atoms with Gasteiger partial charge in [-0.25, -0.2) is 0 Å². The second-order valence-electron chi connectivity index (χ2n) is 7.03. The quantitative estimate of drug-likeness (QED) is 0.793. The van der Waals surface area contributed by atoms with Crippen molar-refractivity contribution >= 4 is 22.5 Å². The predicted octanol–water partition coefficient (Wildman–Crippen LogP) is 3.53. The van der Waals surface area contributed by atoms with E-state index in [0.717, 1.165) is 22.3 Å². The van der Waals surface area contributed by atoms with E-state index in [1.54, 1.807) is 25.0 Å². The molecule has 1 N–H and O–H groups in total. The van der Waals surface area contributed by atoms with Gasteiger partial charge >= 0.3 is 0 Å². The number of methoxy groups -OCH3 is 1. The van der Waals surface area contributed by atoms with Crippen LogP contribution in [0.3, 0.4) is 0 Å². The molecule has 0 saturated heterocycles. The second-order valence-corrected chi connectivity index (χ2v) is 7.03. The minimum Gasteiger partial charge on any atom is -0.497 e. The van der Waals surface area contributed by atoms with E-state index in [9.17, 15) is 4.79 Å². The number of carbonyl (C=O) groups is 1.